The Morgan fingerprint density at radius 3 is 2.62 bits per heavy atom. The van der Waals surface area contributed by atoms with Gasteiger partial charge in [-0.15, -0.1) is 0 Å². The lowest BCUT2D eigenvalue weighted by molar-refractivity contribution is -0.422. The van der Waals surface area contributed by atoms with Gasteiger partial charge in [-0.3, -0.25) is 10.1 Å². The van der Waals surface area contributed by atoms with Crippen molar-refractivity contribution in [3.8, 4) is 0 Å². The molecule has 0 aromatic carbocycles. The van der Waals surface area contributed by atoms with Crippen LogP contribution in [0.25, 0.3) is 6.08 Å². The molecule has 70 valence electrons. The molecule has 0 bridgehead atoms. The summed E-state index contributed by atoms with van der Waals surface area (Å²) in [5.41, 5.74) is 1.08. The molecule has 13 heavy (non-hydrogen) atoms. The van der Waals surface area contributed by atoms with E-state index < -0.39 is 4.92 Å². The maximum absolute atomic E-state index is 10.3. The lowest BCUT2D eigenvalue weighted by Gasteiger charge is -1.87. The van der Waals surface area contributed by atoms with Gasteiger partial charge in [-0.2, -0.15) is 0 Å². The predicted molar refractivity (Wildman–Crippen MR) is 48.8 cm³/mol. The first-order valence-corrected chi connectivity index (χ1v) is 3.90. The minimum Gasteiger partial charge on any atom is -0.461 e. The summed E-state index contributed by atoms with van der Waals surface area (Å²) >= 11 is 0. The van der Waals surface area contributed by atoms with E-state index in [0.717, 1.165) is 11.3 Å². The summed E-state index contributed by atoms with van der Waals surface area (Å²) in [6, 6.07) is 1.78. The molecule has 0 spiro atoms. The molecule has 1 rings (SSSR count). The minimum absolute atomic E-state index is 0.0775. The summed E-state index contributed by atoms with van der Waals surface area (Å²) in [6.07, 6.45) is 1.42. The van der Waals surface area contributed by atoms with Gasteiger partial charge in [-0.1, -0.05) is 0 Å². The fourth-order valence-corrected chi connectivity index (χ4v) is 0.931. The maximum atomic E-state index is 10.3. The van der Waals surface area contributed by atoms with Crippen LogP contribution in [-0.2, 0) is 0 Å². The lowest BCUT2D eigenvalue weighted by Crippen LogP contribution is -1.92. The summed E-state index contributed by atoms with van der Waals surface area (Å²) in [7, 11) is 0. The second kappa shape index (κ2) is 3.43. The van der Waals surface area contributed by atoms with Gasteiger partial charge < -0.3 is 4.42 Å². The highest BCUT2D eigenvalue weighted by Crippen LogP contribution is 2.15. The fourth-order valence-electron chi connectivity index (χ4n) is 0.931. The molecule has 0 amide bonds. The van der Waals surface area contributed by atoms with Gasteiger partial charge in [0, 0.05) is 6.92 Å². The first-order chi connectivity index (χ1) is 6.00. The van der Waals surface area contributed by atoms with E-state index in [1.807, 2.05) is 13.8 Å². The number of hydrogen-bond acceptors (Lipinski definition) is 3. The molecule has 0 N–H and O–H groups in total. The van der Waals surface area contributed by atoms with Crippen LogP contribution < -0.4 is 0 Å². The van der Waals surface area contributed by atoms with Crippen molar-refractivity contribution in [2.75, 3.05) is 0 Å². The molecule has 0 saturated carbocycles. The van der Waals surface area contributed by atoms with Crippen LogP contribution in [0.4, 0.5) is 0 Å². The van der Waals surface area contributed by atoms with E-state index in [1.54, 1.807) is 6.07 Å². The molecule has 0 aliphatic carbocycles. The first-order valence-electron chi connectivity index (χ1n) is 3.90. The highest BCUT2D eigenvalue weighted by atomic mass is 16.6. The van der Waals surface area contributed by atoms with Gasteiger partial charge in [-0.05, 0) is 25.5 Å². The van der Waals surface area contributed by atoms with Crippen LogP contribution >= 0.6 is 0 Å². The highest BCUT2D eigenvalue weighted by Gasteiger charge is 2.06. The van der Waals surface area contributed by atoms with Crippen LogP contribution in [0.3, 0.4) is 0 Å². The number of nitrogens with zero attached hydrogens (tertiary/aromatic N) is 1. The van der Waals surface area contributed by atoms with E-state index in [4.69, 9.17) is 4.42 Å². The van der Waals surface area contributed by atoms with Gasteiger partial charge in [0.1, 0.15) is 11.5 Å². The van der Waals surface area contributed by atoms with E-state index in [1.165, 1.54) is 13.0 Å². The fraction of sp³-hybridized carbons (Fsp3) is 0.333. The minimum atomic E-state index is -0.437. The molecule has 0 saturated heterocycles. The van der Waals surface area contributed by atoms with Crippen molar-refractivity contribution in [3.05, 3.63) is 39.0 Å². The molecular weight excluding hydrogens is 170 g/mol. The summed E-state index contributed by atoms with van der Waals surface area (Å²) < 4.78 is 5.25. The van der Waals surface area contributed by atoms with Gasteiger partial charge in [0.25, 0.3) is 0 Å². The maximum Gasteiger partial charge on any atom is 0.246 e. The molecule has 1 aromatic rings. The highest BCUT2D eigenvalue weighted by molar-refractivity contribution is 5.46. The smallest absolute Gasteiger partial charge is 0.246 e. The second-order valence-corrected chi connectivity index (χ2v) is 2.93. The Balaban J connectivity index is 2.98. The van der Waals surface area contributed by atoms with Gasteiger partial charge in [-0.25, -0.2) is 0 Å². The Hall–Kier alpha value is -1.58. The van der Waals surface area contributed by atoms with Gasteiger partial charge in [0.2, 0.25) is 5.70 Å². The lowest BCUT2D eigenvalue weighted by atomic mass is 10.3. The van der Waals surface area contributed by atoms with Crippen molar-refractivity contribution in [2.45, 2.75) is 20.8 Å². The number of allylic oxidation sites excluding steroid dienone is 1. The second-order valence-electron chi connectivity index (χ2n) is 2.93. The molecule has 0 unspecified atom stereocenters. The normalized spacial score (nSPS) is 11.8. The number of aryl methyl sites for hydroxylation is 2. The van der Waals surface area contributed by atoms with E-state index in [2.05, 4.69) is 0 Å². The zero-order valence-electron chi connectivity index (χ0n) is 7.83. The third kappa shape index (κ3) is 2.18. The van der Waals surface area contributed by atoms with Crippen LogP contribution in [0, 0.1) is 24.0 Å². The average Bonchev–Trinajstić information content (AvgIpc) is 2.31. The third-order valence-electron chi connectivity index (χ3n) is 1.82. The van der Waals surface area contributed by atoms with E-state index in [0.29, 0.717) is 5.76 Å². The molecule has 0 aliphatic heterocycles. The Labute approximate surface area is 76.0 Å². The van der Waals surface area contributed by atoms with Crippen LogP contribution in [-0.4, -0.2) is 4.92 Å². The van der Waals surface area contributed by atoms with E-state index in [9.17, 15) is 10.1 Å². The molecule has 0 atom stereocenters. The van der Waals surface area contributed by atoms with Crippen molar-refractivity contribution < 1.29 is 9.34 Å². The summed E-state index contributed by atoms with van der Waals surface area (Å²) in [5, 5.41) is 10.3. The Kier molecular flexibility index (Phi) is 2.51. The average molecular weight is 181 g/mol. The SMILES string of the molecule is C/C(=C\c1cc(C)c(C)o1)[N+](=O)[O-]. The van der Waals surface area contributed by atoms with Crippen LogP contribution in [0.5, 0.6) is 0 Å². The Bertz CT molecular complexity index is 343. The van der Waals surface area contributed by atoms with Crippen molar-refractivity contribution >= 4 is 6.08 Å². The number of rotatable bonds is 2. The summed E-state index contributed by atoms with van der Waals surface area (Å²) in [5.74, 6) is 1.33. The van der Waals surface area contributed by atoms with Crippen LogP contribution in [0.1, 0.15) is 24.0 Å². The zero-order valence-corrected chi connectivity index (χ0v) is 7.83. The standard InChI is InChI=1S/C9H11NO3/c1-6-4-9(13-8(6)3)5-7(2)10(11)12/h4-5H,1-3H3/b7-5+. The monoisotopic (exact) mass is 181 g/mol. The summed E-state index contributed by atoms with van der Waals surface area (Å²) in [4.78, 5) is 9.85. The molecular formula is C9H11NO3. The van der Waals surface area contributed by atoms with E-state index in [-0.39, 0.29) is 5.70 Å². The van der Waals surface area contributed by atoms with Gasteiger partial charge in [0.05, 0.1) is 11.0 Å². The molecule has 1 aromatic heterocycles. The topological polar surface area (TPSA) is 56.3 Å². The van der Waals surface area contributed by atoms with Crippen LogP contribution in [0.2, 0.25) is 0 Å². The Morgan fingerprint density at radius 2 is 2.23 bits per heavy atom. The predicted octanol–water partition coefficient (Wildman–Crippen LogP) is 2.53. The van der Waals surface area contributed by atoms with E-state index >= 15 is 0 Å². The number of furan rings is 1. The molecule has 0 fully saturated rings. The molecule has 0 radical (unpaired) electrons. The molecule has 4 heteroatoms. The van der Waals surface area contributed by atoms with Gasteiger partial charge in [0.15, 0.2) is 0 Å². The summed E-state index contributed by atoms with van der Waals surface area (Å²) in [6.45, 7) is 5.17. The number of hydrogen-bond donors (Lipinski definition) is 0. The van der Waals surface area contributed by atoms with Gasteiger partial charge >= 0.3 is 0 Å². The number of nitro groups is 1. The molecule has 0 aliphatic rings. The van der Waals surface area contributed by atoms with Crippen molar-refractivity contribution in [3.63, 3.8) is 0 Å². The van der Waals surface area contributed by atoms with Crippen molar-refractivity contribution in [1.29, 1.82) is 0 Å². The molecule has 4 nitrogen and oxygen atoms in total. The first kappa shape index (κ1) is 9.51. The van der Waals surface area contributed by atoms with Crippen molar-refractivity contribution in [1.82, 2.24) is 0 Å². The molecule has 1 heterocycles. The Morgan fingerprint density at radius 1 is 1.62 bits per heavy atom. The van der Waals surface area contributed by atoms with Crippen molar-refractivity contribution in [2.24, 2.45) is 0 Å². The zero-order chi connectivity index (χ0) is 10.0. The largest absolute Gasteiger partial charge is 0.461 e. The van der Waals surface area contributed by atoms with Crippen LogP contribution in [0.15, 0.2) is 16.2 Å². The quantitative estimate of drug-likeness (QED) is 0.520. The third-order valence-corrected chi connectivity index (χ3v) is 1.82.